The van der Waals surface area contributed by atoms with Gasteiger partial charge in [0.15, 0.2) is 11.7 Å². The van der Waals surface area contributed by atoms with Crippen LogP contribution in [0.1, 0.15) is 29.9 Å². The van der Waals surface area contributed by atoms with Gasteiger partial charge in [0, 0.05) is 57.5 Å². The molecule has 1 amide bonds. The molecule has 7 nitrogen and oxygen atoms in total. The topological polar surface area (TPSA) is 76.2 Å². The van der Waals surface area contributed by atoms with Crippen LogP contribution in [0.4, 0.5) is 0 Å². The zero-order chi connectivity index (χ0) is 19.5. The molecule has 3 heterocycles. The fourth-order valence-electron chi connectivity index (χ4n) is 3.71. The van der Waals surface area contributed by atoms with Crippen LogP contribution in [0.5, 0.6) is 0 Å². The van der Waals surface area contributed by atoms with E-state index in [9.17, 15) is 4.79 Å². The normalized spacial score (nSPS) is 17.1. The molecule has 0 saturated carbocycles. The first-order valence-electron chi connectivity index (χ1n) is 9.62. The van der Waals surface area contributed by atoms with Crippen molar-refractivity contribution in [3.8, 4) is 11.3 Å². The third-order valence-corrected chi connectivity index (χ3v) is 5.15. The van der Waals surface area contributed by atoms with Gasteiger partial charge in [0.1, 0.15) is 11.9 Å². The first kappa shape index (κ1) is 18.4. The second-order valence-corrected chi connectivity index (χ2v) is 7.09. The Morgan fingerprint density at radius 2 is 2.14 bits per heavy atom. The Morgan fingerprint density at radius 1 is 1.32 bits per heavy atom. The summed E-state index contributed by atoms with van der Waals surface area (Å²) in [6.45, 7) is 4.12. The van der Waals surface area contributed by atoms with Gasteiger partial charge in [0.2, 0.25) is 5.91 Å². The summed E-state index contributed by atoms with van der Waals surface area (Å²) in [6, 6.07) is 9.87. The summed E-state index contributed by atoms with van der Waals surface area (Å²) >= 11 is 0. The van der Waals surface area contributed by atoms with Crippen molar-refractivity contribution in [1.29, 1.82) is 0 Å². The minimum absolute atomic E-state index is 0.0487. The van der Waals surface area contributed by atoms with Crippen LogP contribution < -0.4 is 5.32 Å². The number of piperazine rings is 1. The van der Waals surface area contributed by atoms with Crippen molar-refractivity contribution < 1.29 is 9.21 Å². The molecule has 1 unspecified atom stereocenters. The first-order chi connectivity index (χ1) is 13.6. The van der Waals surface area contributed by atoms with Gasteiger partial charge in [-0.15, -0.1) is 0 Å². The molecule has 1 aliphatic rings. The lowest BCUT2D eigenvalue weighted by atomic mass is 10.1. The van der Waals surface area contributed by atoms with Crippen LogP contribution in [0.25, 0.3) is 11.3 Å². The molecule has 1 aliphatic heterocycles. The molecule has 4 rings (SSSR count). The molecule has 146 valence electrons. The van der Waals surface area contributed by atoms with Crippen molar-refractivity contribution in [2.45, 2.75) is 25.8 Å². The highest BCUT2D eigenvalue weighted by Gasteiger charge is 2.30. The Kier molecular flexibility index (Phi) is 5.25. The maximum atomic E-state index is 12.9. The molecule has 1 N–H and O–H groups in total. The van der Waals surface area contributed by atoms with E-state index in [1.807, 2.05) is 60.0 Å². The number of hydrogen-bond donors (Lipinski definition) is 1. The van der Waals surface area contributed by atoms with Gasteiger partial charge in [-0.1, -0.05) is 30.3 Å². The number of benzene rings is 1. The second-order valence-electron chi connectivity index (χ2n) is 7.09. The Morgan fingerprint density at radius 3 is 2.89 bits per heavy atom. The van der Waals surface area contributed by atoms with E-state index in [0.29, 0.717) is 31.8 Å². The second kappa shape index (κ2) is 7.98. The number of carbonyl (C=O) groups excluding carboxylic acids is 1. The SMILES string of the molecule is Cc1nc(CCC(=O)N2CCNCC2c2nccn2C)oc1-c1ccccc1. The Labute approximate surface area is 164 Å². The number of amides is 1. The molecule has 3 aromatic rings. The van der Waals surface area contributed by atoms with Gasteiger partial charge in [-0.05, 0) is 6.92 Å². The van der Waals surface area contributed by atoms with Crippen LogP contribution >= 0.6 is 0 Å². The van der Waals surface area contributed by atoms with Gasteiger partial charge in [-0.25, -0.2) is 9.97 Å². The van der Waals surface area contributed by atoms with Gasteiger partial charge < -0.3 is 19.2 Å². The number of rotatable bonds is 5. The van der Waals surface area contributed by atoms with Crippen molar-refractivity contribution >= 4 is 5.91 Å². The van der Waals surface area contributed by atoms with Gasteiger partial charge in [-0.3, -0.25) is 4.79 Å². The number of imidazole rings is 1. The summed E-state index contributed by atoms with van der Waals surface area (Å²) in [5.41, 5.74) is 1.85. The Balaban J connectivity index is 1.44. The van der Waals surface area contributed by atoms with Crippen LogP contribution in [-0.2, 0) is 18.3 Å². The number of aromatic nitrogens is 3. The summed E-state index contributed by atoms with van der Waals surface area (Å²) in [5, 5.41) is 3.36. The molecule has 1 aromatic carbocycles. The van der Waals surface area contributed by atoms with Crippen LogP contribution in [0, 0.1) is 6.92 Å². The lowest BCUT2D eigenvalue weighted by molar-refractivity contribution is -0.134. The number of aryl methyl sites for hydroxylation is 3. The molecule has 0 aliphatic carbocycles. The van der Waals surface area contributed by atoms with E-state index in [-0.39, 0.29) is 11.9 Å². The highest BCUT2D eigenvalue weighted by atomic mass is 16.4. The maximum absolute atomic E-state index is 12.9. The first-order valence-corrected chi connectivity index (χ1v) is 9.62. The number of hydrogen-bond acceptors (Lipinski definition) is 5. The van der Waals surface area contributed by atoms with Gasteiger partial charge in [0.05, 0.1) is 5.69 Å². The van der Waals surface area contributed by atoms with E-state index in [2.05, 4.69) is 15.3 Å². The number of oxazole rings is 1. The number of nitrogens with one attached hydrogen (secondary N) is 1. The minimum atomic E-state index is -0.0487. The van der Waals surface area contributed by atoms with Crippen molar-refractivity contribution in [3.63, 3.8) is 0 Å². The monoisotopic (exact) mass is 379 g/mol. The van der Waals surface area contributed by atoms with Crippen LogP contribution in [0.2, 0.25) is 0 Å². The number of nitrogens with zero attached hydrogens (tertiary/aromatic N) is 4. The highest BCUT2D eigenvalue weighted by molar-refractivity contribution is 5.77. The third-order valence-electron chi connectivity index (χ3n) is 5.15. The smallest absolute Gasteiger partial charge is 0.223 e. The molecule has 0 bridgehead atoms. The number of carbonyl (C=O) groups is 1. The third kappa shape index (κ3) is 3.71. The van der Waals surface area contributed by atoms with Crippen molar-refractivity contribution in [1.82, 2.24) is 24.8 Å². The summed E-state index contributed by atoms with van der Waals surface area (Å²) < 4.78 is 7.92. The van der Waals surface area contributed by atoms with Gasteiger partial charge in [0.25, 0.3) is 0 Å². The van der Waals surface area contributed by atoms with E-state index < -0.39 is 0 Å². The van der Waals surface area contributed by atoms with Crippen molar-refractivity contribution in [2.24, 2.45) is 7.05 Å². The molecule has 7 heteroatoms. The van der Waals surface area contributed by atoms with E-state index >= 15 is 0 Å². The van der Waals surface area contributed by atoms with E-state index in [4.69, 9.17) is 4.42 Å². The van der Waals surface area contributed by atoms with E-state index in [1.165, 1.54) is 0 Å². The van der Waals surface area contributed by atoms with E-state index in [1.54, 1.807) is 6.20 Å². The lowest BCUT2D eigenvalue weighted by Gasteiger charge is -2.35. The molecule has 1 fully saturated rings. The van der Waals surface area contributed by atoms with Crippen LogP contribution in [0.15, 0.2) is 47.1 Å². The van der Waals surface area contributed by atoms with Crippen LogP contribution in [0.3, 0.4) is 0 Å². The molecular formula is C21H25N5O2. The Bertz CT molecular complexity index is 947. The standard InChI is InChI=1S/C21H25N5O2/c1-15-20(16-6-4-3-5-7-16)28-18(24-15)8-9-19(27)26-13-10-22-14-17(26)21-23-11-12-25(21)2/h3-7,11-12,17,22H,8-10,13-14H2,1-2H3. The zero-order valence-electron chi connectivity index (χ0n) is 16.3. The molecule has 2 aromatic heterocycles. The van der Waals surface area contributed by atoms with Crippen molar-refractivity contribution in [2.75, 3.05) is 19.6 Å². The fourth-order valence-corrected chi connectivity index (χ4v) is 3.71. The van der Waals surface area contributed by atoms with Crippen LogP contribution in [-0.4, -0.2) is 45.0 Å². The summed E-state index contributed by atoms with van der Waals surface area (Å²) in [4.78, 5) is 23.8. The predicted molar refractivity (Wildman–Crippen MR) is 106 cm³/mol. The Hall–Kier alpha value is -2.93. The molecular weight excluding hydrogens is 354 g/mol. The predicted octanol–water partition coefficient (Wildman–Crippen LogP) is 2.49. The highest BCUT2D eigenvalue weighted by Crippen LogP contribution is 2.26. The van der Waals surface area contributed by atoms with Gasteiger partial charge >= 0.3 is 0 Å². The zero-order valence-corrected chi connectivity index (χ0v) is 16.3. The quantitative estimate of drug-likeness (QED) is 0.737. The minimum Gasteiger partial charge on any atom is -0.440 e. The lowest BCUT2D eigenvalue weighted by Crippen LogP contribution is -2.49. The maximum Gasteiger partial charge on any atom is 0.223 e. The average Bonchev–Trinajstić information content (AvgIpc) is 3.32. The molecule has 0 spiro atoms. The molecule has 1 atom stereocenters. The fraction of sp³-hybridized carbons (Fsp3) is 0.381. The van der Waals surface area contributed by atoms with Gasteiger partial charge in [-0.2, -0.15) is 0 Å². The van der Waals surface area contributed by atoms with Crippen molar-refractivity contribution in [3.05, 3.63) is 60.1 Å². The van der Waals surface area contributed by atoms with E-state index in [0.717, 1.165) is 29.4 Å². The summed E-state index contributed by atoms with van der Waals surface area (Å²) in [6.07, 6.45) is 4.54. The summed E-state index contributed by atoms with van der Waals surface area (Å²) in [7, 11) is 1.96. The molecule has 1 saturated heterocycles. The molecule has 28 heavy (non-hydrogen) atoms. The summed E-state index contributed by atoms with van der Waals surface area (Å²) in [5.74, 6) is 2.38. The average molecular weight is 379 g/mol. The molecule has 0 radical (unpaired) electrons. The largest absolute Gasteiger partial charge is 0.440 e.